The van der Waals surface area contributed by atoms with E-state index in [2.05, 4.69) is 15.7 Å². The van der Waals surface area contributed by atoms with Gasteiger partial charge in [0.1, 0.15) is 10.8 Å². The fourth-order valence-corrected chi connectivity index (χ4v) is 4.60. The Bertz CT molecular complexity index is 1100. The number of anilines is 2. The van der Waals surface area contributed by atoms with Crippen LogP contribution in [0, 0.1) is 0 Å². The van der Waals surface area contributed by atoms with E-state index in [1.165, 1.54) is 23.5 Å². The third-order valence-corrected chi connectivity index (χ3v) is 6.76. The van der Waals surface area contributed by atoms with Crippen LogP contribution in [0.2, 0.25) is 15.1 Å². The maximum Gasteiger partial charge on any atom is 0.410 e. The number of nitrogens with one attached hydrogen (secondary N) is 2. The number of nitrogens with zero attached hydrogens (tertiary/aromatic N) is 2. The summed E-state index contributed by atoms with van der Waals surface area (Å²) in [5.74, 6) is -0.868. The average Bonchev–Trinajstić information content (AvgIpc) is 3.32. The van der Waals surface area contributed by atoms with Gasteiger partial charge in [0.2, 0.25) is 0 Å². The number of halogens is 6. The first-order chi connectivity index (χ1) is 14.2. The summed E-state index contributed by atoms with van der Waals surface area (Å²) in [5.41, 5.74) is -0.163. The minimum Gasteiger partial charge on any atom is -0.361 e. The zero-order valence-corrected chi connectivity index (χ0v) is 17.9. The first-order valence-corrected chi connectivity index (χ1v) is 10.6. The quantitative estimate of drug-likeness (QED) is 0.419. The van der Waals surface area contributed by atoms with Gasteiger partial charge in [-0.25, -0.2) is 4.68 Å². The molecule has 1 aromatic carbocycles. The number of carbonyl (C=O) groups is 1. The van der Waals surface area contributed by atoms with E-state index < -0.39 is 24.2 Å². The van der Waals surface area contributed by atoms with Crippen molar-refractivity contribution < 1.29 is 18.0 Å². The van der Waals surface area contributed by atoms with Crippen LogP contribution in [0.5, 0.6) is 0 Å². The van der Waals surface area contributed by atoms with E-state index in [9.17, 15) is 18.0 Å². The van der Waals surface area contributed by atoms with Gasteiger partial charge in [0.25, 0.3) is 5.91 Å². The molecule has 2 N–H and O–H groups in total. The van der Waals surface area contributed by atoms with Crippen LogP contribution < -0.4 is 10.6 Å². The zero-order valence-electron chi connectivity index (χ0n) is 14.8. The molecule has 0 saturated carbocycles. The number of hydrogen-bond acceptors (Lipinski definition) is 4. The molecule has 4 rings (SSSR count). The largest absolute Gasteiger partial charge is 0.410 e. The molecule has 0 aliphatic carbocycles. The van der Waals surface area contributed by atoms with E-state index in [1.807, 2.05) is 0 Å². The van der Waals surface area contributed by atoms with Crippen LogP contribution in [-0.2, 0) is 0 Å². The second-order valence-corrected chi connectivity index (χ2v) is 8.66. The lowest BCUT2D eigenvalue weighted by Gasteiger charge is -2.32. The molecule has 1 aliphatic rings. The Labute approximate surface area is 187 Å². The summed E-state index contributed by atoms with van der Waals surface area (Å²) >= 11 is 19.6. The van der Waals surface area contributed by atoms with Crippen molar-refractivity contribution in [2.24, 2.45) is 0 Å². The van der Waals surface area contributed by atoms with Gasteiger partial charge in [0, 0.05) is 11.3 Å². The Kier molecular flexibility index (Phi) is 5.65. The number of alkyl halides is 3. The van der Waals surface area contributed by atoms with Crippen molar-refractivity contribution >= 4 is 63.6 Å². The molecule has 5 nitrogen and oxygen atoms in total. The summed E-state index contributed by atoms with van der Waals surface area (Å²) < 4.78 is 42.0. The van der Waals surface area contributed by atoms with Gasteiger partial charge in [-0.15, -0.1) is 11.3 Å². The SMILES string of the molecule is O=C(Nc1cccc(Cl)c1Cl)c1nn2c(c1Cl)N[C@@H](c1cccs1)C[C@H]2C(F)(F)F. The highest BCUT2D eigenvalue weighted by atomic mass is 35.5. The summed E-state index contributed by atoms with van der Waals surface area (Å²) in [6.45, 7) is 0. The topological polar surface area (TPSA) is 59.0 Å². The highest BCUT2D eigenvalue weighted by Crippen LogP contribution is 2.47. The molecular weight excluding hydrogens is 484 g/mol. The molecular formula is C18H12Cl3F3N4OS. The minimum atomic E-state index is -4.58. The van der Waals surface area contributed by atoms with Crippen LogP contribution in [0.25, 0.3) is 0 Å². The molecule has 2 aromatic heterocycles. The lowest BCUT2D eigenvalue weighted by atomic mass is 10.0. The Morgan fingerprint density at radius 3 is 2.63 bits per heavy atom. The second kappa shape index (κ2) is 7.96. The summed E-state index contributed by atoms with van der Waals surface area (Å²) in [4.78, 5) is 13.4. The van der Waals surface area contributed by atoms with Crippen molar-refractivity contribution in [3.8, 4) is 0 Å². The van der Waals surface area contributed by atoms with Gasteiger partial charge in [-0.2, -0.15) is 18.3 Å². The number of aromatic nitrogens is 2. The van der Waals surface area contributed by atoms with Crippen LogP contribution in [0.15, 0.2) is 35.7 Å². The molecule has 0 fully saturated rings. The summed E-state index contributed by atoms with van der Waals surface area (Å²) in [6, 6.07) is 5.54. The van der Waals surface area contributed by atoms with Gasteiger partial charge in [-0.05, 0) is 23.6 Å². The molecule has 0 bridgehead atoms. The van der Waals surface area contributed by atoms with E-state index in [1.54, 1.807) is 23.6 Å². The van der Waals surface area contributed by atoms with Crippen molar-refractivity contribution in [2.75, 3.05) is 10.6 Å². The fourth-order valence-electron chi connectivity index (χ4n) is 3.19. The number of hydrogen-bond donors (Lipinski definition) is 2. The number of amides is 1. The van der Waals surface area contributed by atoms with Gasteiger partial charge in [0.05, 0.1) is 21.8 Å². The van der Waals surface area contributed by atoms with Crippen molar-refractivity contribution in [3.63, 3.8) is 0 Å². The number of carbonyl (C=O) groups excluding carboxylic acids is 1. The van der Waals surface area contributed by atoms with E-state index in [0.717, 1.165) is 9.56 Å². The van der Waals surface area contributed by atoms with Crippen molar-refractivity contribution in [2.45, 2.75) is 24.7 Å². The van der Waals surface area contributed by atoms with Crippen LogP contribution >= 0.6 is 46.1 Å². The van der Waals surface area contributed by atoms with E-state index >= 15 is 0 Å². The number of benzene rings is 1. The van der Waals surface area contributed by atoms with Crippen molar-refractivity contribution in [1.82, 2.24) is 9.78 Å². The van der Waals surface area contributed by atoms with Crippen LogP contribution in [0.4, 0.5) is 24.7 Å². The Morgan fingerprint density at radius 2 is 1.97 bits per heavy atom. The van der Waals surface area contributed by atoms with Crippen LogP contribution in [-0.4, -0.2) is 21.9 Å². The van der Waals surface area contributed by atoms with E-state index in [0.29, 0.717) is 0 Å². The lowest BCUT2D eigenvalue weighted by Crippen LogP contribution is -2.35. The molecule has 0 radical (unpaired) electrons. The third kappa shape index (κ3) is 3.87. The summed E-state index contributed by atoms with van der Waals surface area (Å²) in [6.07, 6.45) is -4.86. The predicted molar refractivity (Wildman–Crippen MR) is 112 cm³/mol. The smallest absolute Gasteiger partial charge is 0.361 e. The first kappa shape index (κ1) is 21.3. The minimum absolute atomic E-state index is 0.0639. The maximum absolute atomic E-state index is 13.8. The highest BCUT2D eigenvalue weighted by molar-refractivity contribution is 7.10. The molecule has 2 atom stereocenters. The molecule has 158 valence electrons. The number of rotatable bonds is 3. The molecule has 1 amide bonds. The lowest BCUT2D eigenvalue weighted by molar-refractivity contribution is -0.173. The maximum atomic E-state index is 13.8. The first-order valence-electron chi connectivity index (χ1n) is 8.57. The monoisotopic (exact) mass is 494 g/mol. The number of fused-ring (bicyclic) bond motifs is 1. The van der Waals surface area contributed by atoms with Crippen LogP contribution in [0.1, 0.15) is 33.9 Å². The van der Waals surface area contributed by atoms with Gasteiger partial charge in [-0.1, -0.05) is 46.9 Å². The van der Waals surface area contributed by atoms with Crippen molar-refractivity contribution in [3.05, 3.63) is 61.4 Å². The standard InChI is InChI=1S/C18H12Cl3F3N4OS/c19-8-3-1-4-9(13(8)20)26-17(29)15-14(21)16-25-10(11-5-2-6-30-11)7-12(18(22,23)24)28(16)27-15/h1-6,10,12,25H,7H2,(H,26,29)/t10-,12+/m1/s1. The molecule has 1 aliphatic heterocycles. The molecule has 0 saturated heterocycles. The summed E-state index contributed by atoms with van der Waals surface area (Å²) in [7, 11) is 0. The fraction of sp³-hybridized carbons (Fsp3) is 0.222. The Hall–Kier alpha value is -1.94. The van der Waals surface area contributed by atoms with Gasteiger partial charge in [-0.3, -0.25) is 4.79 Å². The Morgan fingerprint density at radius 1 is 1.20 bits per heavy atom. The molecule has 3 aromatic rings. The second-order valence-electron chi connectivity index (χ2n) is 6.52. The molecule has 0 unspecified atom stereocenters. The highest BCUT2D eigenvalue weighted by Gasteiger charge is 2.48. The third-order valence-electron chi connectivity index (χ3n) is 4.60. The van der Waals surface area contributed by atoms with E-state index in [-0.39, 0.29) is 38.7 Å². The summed E-state index contributed by atoms with van der Waals surface area (Å²) in [5, 5.41) is 11.2. The van der Waals surface area contributed by atoms with Gasteiger partial charge >= 0.3 is 6.18 Å². The normalized spacial score (nSPS) is 18.6. The predicted octanol–water partition coefficient (Wildman–Crippen LogP) is 6.82. The van der Waals surface area contributed by atoms with Gasteiger partial charge in [0.15, 0.2) is 11.7 Å². The molecule has 0 spiro atoms. The molecule has 12 heteroatoms. The van der Waals surface area contributed by atoms with Crippen molar-refractivity contribution in [1.29, 1.82) is 0 Å². The Balaban J connectivity index is 1.71. The zero-order chi connectivity index (χ0) is 21.6. The number of thiophene rings is 1. The van der Waals surface area contributed by atoms with E-state index in [4.69, 9.17) is 34.8 Å². The van der Waals surface area contributed by atoms with Crippen LogP contribution in [0.3, 0.4) is 0 Å². The molecule has 30 heavy (non-hydrogen) atoms. The molecule has 3 heterocycles. The van der Waals surface area contributed by atoms with Gasteiger partial charge < -0.3 is 10.6 Å². The average molecular weight is 496 g/mol.